The standard InChI is InChI=1S/C17H28N4O/c1-5-10-19-17(18-6-2)20-14-15-8-7-9-16(13-15)22-12-11-21(3)4/h5,7-9,13H,1,6,10-12,14H2,2-4H3,(H2,18,19,20). The van der Waals surface area contributed by atoms with Crippen LogP contribution in [0.15, 0.2) is 41.9 Å². The molecule has 0 atom stereocenters. The Morgan fingerprint density at radius 2 is 2.18 bits per heavy atom. The summed E-state index contributed by atoms with van der Waals surface area (Å²) in [5.74, 6) is 1.68. The highest BCUT2D eigenvalue weighted by Gasteiger charge is 1.99. The lowest BCUT2D eigenvalue weighted by Crippen LogP contribution is -2.37. The maximum atomic E-state index is 5.74. The van der Waals surface area contributed by atoms with E-state index in [9.17, 15) is 0 Å². The highest BCUT2D eigenvalue weighted by atomic mass is 16.5. The van der Waals surface area contributed by atoms with Crippen LogP contribution >= 0.6 is 0 Å². The van der Waals surface area contributed by atoms with Gasteiger partial charge in [0.05, 0.1) is 6.54 Å². The van der Waals surface area contributed by atoms with Crippen LogP contribution in [0, 0.1) is 0 Å². The molecule has 1 aromatic rings. The first-order valence-corrected chi connectivity index (χ1v) is 7.65. The number of rotatable bonds is 9. The summed E-state index contributed by atoms with van der Waals surface area (Å²) in [6.07, 6.45) is 1.81. The Labute approximate surface area is 134 Å². The molecule has 0 aromatic heterocycles. The summed E-state index contributed by atoms with van der Waals surface area (Å²) in [6.45, 7) is 9.46. The number of hydrogen-bond acceptors (Lipinski definition) is 3. The second kappa shape index (κ2) is 10.7. The topological polar surface area (TPSA) is 48.9 Å². The van der Waals surface area contributed by atoms with Crippen molar-refractivity contribution < 1.29 is 4.74 Å². The molecule has 0 heterocycles. The molecule has 5 heteroatoms. The van der Waals surface area contributed by atoms with Crippen molar-refractivity contribution in [2.45, 2.75) is 13.5 Å². The first-order valence-electron chi connectivity index (χ1n) is 7.65. The van der Waals surface area contributed by atoms with Crippen molar-refractivity contribution in [3.05, 3.63) is 42.5 Å². The van der Waals surface area contributed by atoms with Gasteiger partial charge < -0.3 is 20.3 Å². The molecule has 0 spiro atoms. The van der Waals surface area contributed by atoms with E-state index in [0.717, 1.165) is 30.4 Å². The van der Waals surface area contributed by atoms with E-state index >= 15 is 0 Å². The molecule has 0 unspecified atom stereocenters. The van der Waals surface area contributed by atoms with Crippen LogP contribution in [0.5, 0.6) is 5.75 Å². The van der Waals surface area contributed by atoms with E-state index in [1.807, 2.05) is 45.3 Å². The lowest BCUT2D eigenvalue weighted by Gasteiger charge is -2.12. The number of benzene rings is 1. The molecular formula is C17H28N4O. The fourth-order valence-electron chi connectivity index (χ4n) is 1.76. The third-order valence-corrected chi connectivity index (χ3v) is 2.88. The lowest BCUT2D eigenvalue weighted by molar-refractivity contribution is 0.261. The van der Waals surface area contributed by atoms with Gasteiger partial charge >= 0.3 is 0 Å². The molecule has 0 aliphatic heterocycles. The molecule has 0 bridgehead atoms. The van der Waals surface area contributed by atoms with Gasteiger partial charge in [0.15, 0.2) is 5.96 Å². The predicted molar refractivity (Wildman–Crippen MR) is 93.5 cm³/mol. The zero-order chi connectivity index (χ0) is 16.2. The summed E-state index contributed by atoms with van der Waals surface area (Å²) in [6, 6.07) is 8.07. The molecule has 0 fully saturated rings. The van der Waals surface area contributed by atoms with Gasteiger partial charge in [0.1, 0.15) is 12.4 Å². The summed E-state index contributed by atoms with van der Waals surface area (Å²) in [7, 11) is 4.07. The number of guanidine groups is 1. The van der Waals surface area contributed by atoms with Crippen LogP contribution in [0.3, 0.4) is 0 Å². The molecule has 1 aromatic carbocycles. The maximum Gasteiger partial charge on any atom is 0.191 e. The average molecular weight is 304 g/mol. The van der Waals surface area contributed by atoms with Crippen molar-refractivity contribution in [2.75, 3.05) is 40.3 Å². The first-order chi connectivity index (χ1) is 10.7. The summed E-state index contributed by atoms with van der Waals surface area (Å²) < 4.78 is 5.74. The lowest BCUT2D eigenvalue weighted by atomic mass is 10.2. The molecule has 0 saturated heterocycles. The van der Waals surface area contributed by atoms with E-state index in [-0.39, 0.29) is 0 Å². The van der Waals surface area contributed by atoms with E-state index in [1.165, 1.54) is 0 Å². The number of hydrogen-bond donors (Lipinski definition) is 2. The third-order valence-electron chi connectivity index (χ3n) is 2.88. The highest BCUT2D eigenvalue weighted by Crippen LogP contribution is 2.14. The molecule has 22 heavy (non-hydrogen) atoms. The highest BCUT2D eigenvalue weighted by molar-refractivity contribution is 5.79. The predicted octanol–water partition coefficient (Wildman–Crippen LogP) is 1.87. The van der Waals surface area contributed by atoms with Gasteiger partial charge in [-0.2, -0.15) is 0 Å². The normalized spacial score (nSPS) is 11.4. The molecule has 0 saturated carbocycles. The van der Waals surface area contributed by atoms with Gasteiger partial charge in [0.25, 0.3) is 0 Å². The minimum absolute atomic E-state index is 0.608. The van der Waals surface area contributed by atoms with E-state index in [2.05, 4.69) is 33.2 Å². The number of ether oxygens (including phenoxy) is 1. The number of nitrogens with one attached hydrogen (secondary N) is 2. The summed E-state index contributed by atoms with van der Waals surface area (Å²) >= 11 is 0. The monoisotopic (exact) mass is 304 g/mol. The Hall–Kier alpha value is -2.01. The van der Waals surface area contributed by atoms with E-state index in [1.54, 1.807) is 0 Å². The Morgan fingerprint density at radius 1 is 1.36 bits per heavy atom. The molecule has 0 amide bonds. The zero-order valence-corrected chi connectivity index (χ0v) is 13.9. The average Bonchev–Trinajstić information content (AvgIpc) is 2.50. The van der Waals surface area contributed by atoms with Crippen molar-refractivity contribution in [2.24, 2.45) is 4.99 Å². The zero-order valence-electron chi connectivity index (χ0n) is 13.9. The molecule has 122 valence electrons. The Kier molecular flexibility index (Phi) is 8.76. The molecule has 0 radical (unpaired) electrons. The van der Waals surface area contributed by atoms with Crippen molar-refractivity contribution in [3.8, 4) is 5.75 Å². The molecule has 2 N–H and O–H groups in total. The number of nitrogens with zero attached hydrogens (tertiary/aromatic N) is 2. The Bertz CT molecular complexity index is 471. The molecular weight excluding hydrogens is 276 g/mol. The van der Waals surface area contributed by atoms with Gasteiger partial charge in [-0.3, -0.25) is 0 Å². The SMILES string of the molecule is C=CCNC(=NCc1cccc(OCCN(C)C)c1)NCC. The number of likely N-dealkylation sites (N-methyl/N-ethyl adjacent to an activating group) is 1. The van der Waals surface area contributed by atoms with E-state index in [4.69, 9.17) is 4.74 Å². The summed E-state index contributed by atoms with van der Waals surface area (Å²) in [5, 5.41) is 6.39. The van der Waals surface area contributed by atoms with Crippen molar-refractivity contribution in [1.29, 1.82) is 0 Å². The van der Waals surface area contributed by atoms with E-state index < -0.39 is 0 Å². The molecule has 1 rings (SSSR count). The second-order valence-corrected chi connectivity index (χ2v) is 5.16. The second-order valence-electron chi connectivity index (χ2n) is 5.16. The van der Waals surface area contributed by atoms with Gasteiger partial charge in [0, 0.05) is 19.6 Å². The fraction of sp³-hybridized carbons (Fsp3) is 0.471. The van der Waals surface area contributed by atoms with Crippen LogP contribution in [0.25, 0.3) is 0 Å². The smallest absolute Gasteiger partial charge is 0.191 e. The Morgan fingerprint density at radius 3 is 2.86 bits per heavy atom. The fourth-order valence-corrected chi connectivity index (χ4v) is 1.76. The molecule has 5 nitrogen and oxygen atoms in total. The van der Waals surface area contributed by atoms with Gasteiger partial charge in [0.2, 0.25) is 0 Å². The third kappa shape index (κ3) is 7.69. The maximum absolute atomic E-state index is 5.74. The largest absolute Gasteiger partial charge is 0.492 e. The van der Waals surface area contributed by atoms with Gasteiger partial charge in [-0.1, -0.05) is 18.2 Å². The summed E-state index contributed by atoms with van der Waals surface area (Å²) in [4.78, 5) is 6.65. The molecule has 0 aliphatic carbocycles. The quantitative estimate of drug-likeness (QED) is 0.415. The van der Waals surface area contributed by atoms with Crippen molar-refractivity contribution >= 4 is 5.96 Å². The molecule has 0 aliphatic rings. The van der Waals surface area contributed by atoms with Crippen LogP contribution in [0.1, 0.15) is 12.5 Å². The van der Waals surface area contributed by atoms with Crippen LogP contribution in [0.2, 0.25) is 0 Å². The van der Waals surface area contributed by atoms with Gasteiger partial charge in [-0.25, -0.2) is 4.99 Å². The van der Waals surface area contributed by atoms with Crippen LogP contribution in [-0.2, 0) is 6.54 Å². The number of aliphatic imine (C=N–C) groups is 1. The van der Waals surface area contributed by atoms with Crippen LogP contribution < -0.4 is 15.4 Å². The first kappa shape index (κ1) is 18.0. The minimum atomic E-state index is 0.608. The minimum Gasteiger partial charge on any atom is -0.492 e. The van der Waals surface area contributed by atoms with Crippen LogP contribution in [-0.4, -0.2) is 51.2 Å². The van der Waals surface area contributed by atoms with Crippen molar-refractivity contribution in [3.63, 3.8) is 0 Å². The van der Waals surface area contributed by atoms with Crippen molar-refractivity contribution in [1.82, 2.24) is 15.5 Å². The van der Waals surface area contributed by atoms with Crippen LogP contribution in [0.4, 0.5) is 0 Å². The van der Waals surface area contributed by atoms with Gasteiger partial charge in [-0.05, 0) is 38.7 Å². The van der Waals surface area contributed by atoms with Gasteiger partial charge in [-0.15, -0.1) is 6.58 Å². The van der Waals surface area contributed by atoms with E-state index in [0.29, 0.717) is 19.7 Å². The Balaban J connectivity index is 2.58. The summed E-state index contributed by atoms with van der Waals surface area (Å²) in [5.41, 5.74) is 1.12.